The van der Waals surface area contributed by atoms with Crippen LogP contribution in [0, 0.1) is 5.82 Å². The number of aromatic nitrogens is 2. The van der Waals surface area contributed by atoms with Crippen LogP contribution in [0.1, 0.15) is 30.9 Å². The van der Waals surface area contributed by atoms with Crippen molar-refractivity contribution in [3.8, 4) is 11.5 Å². The molecule has 9 nitrogen and oxygen atoms in total. The summed E-state index contributed by atoms with van der Waals surface area (Å²) in [5, 5.41) is 3.97. The van der Waals surface area contributed by atoms with Crippen LogP contribution in [-0.2, 0) is 4.79 Å². The molecule has 5 rings (SSSR count). The van der Waals surface area contributed by atoms with Gasteiger partial charge in [-0.15, -0.1) is 0 Å². The first kappa shape index (κ1) is 24.1. The van der Waals surface area contributed by atoms with Gasteiger partial charge in [0.25, 0.3) is 0 Å². The molecule has 1 amide bonds. The van der Waals surface area contributed by atoms with Gasteiger partial charge >= 0.3 is 0 Å². The standard InChI is InChI=1S/C26H31FN6O3/c1-35-20-15-18-23(22(27)24(20)36-2)30-26(31-25(18)28)33-12-10-32(11-13-33)21(34)14-17-8-9-19(29-17)16-6-4-3-5-7-16/h3-7,15,17,19,29H,8-14H2,1-2H3,(H2,28,30,31). The highest BCUT2D eigenvalue weighted by Gasteiger charge is 2.30. The molecular weight excluding hydrogens is 463 g/mol. The van der Waals surface area contributed by atoms with Gasteiger partial charge in [-0.25, -0.2) is 9.37 Å². The van der Waals surface area contributed by atoms with Crippen LogP contribution in [0.3, 0.4) is 0 Å². The number of piperazine rings is 1. The molecule has 2 aromatic carbocycles. The smallest absolute Gasteiger partial charge is 0.228 e. The Morgan fingerprint density at radius 3 is 2.56 bits per heavy atom. The zero-order valence-electron chi connectivity index (χ0n) is 20.5. The van der Waals surface area contributed by atoms with E-state index in [1.165, 1.54) is 19.8 Å². The number of nitrogen functional groups attached to an aromatic ring is 1. The van der Waals surface area contributed by atoms with Gasteiger partial charge in [-0.2, -0.15) is 4.98 Å². The number of benzene rings is 2. The summed E-state index contributed by atoms with van der Waals surface area (Å²) in [5.41, 5.74) is 7.50. The number of rotatable bonds is 6. The Labute approximate surface area is 209 Å². The minimum atomic E-state index is -0.645. The third kappa shape index (κ3) is 4.60. The third-order valence-corrected chi connectivity index (χ3v) is 7.07. The van der Waals surface area contributed by atoms with Crippen molar-refractivity contribution in [1.29, 1.82) is 0 Å². The maximum Gasteiger partial charge on any atom is 0.228 e. The molecule has 2 unspecified atom stereocenters. The summed E-state index contributed by atoms with van der Waals surface area (Å²) < 4.78 is 25.5. The Balaban J connectivity index is 1.22. The average molecular weight is 495 g/mol. The van der Waals surface area contributed by atoms with Crippen molar-refractivity contribution < 1.29 is 18.7 Å². The molecular formula is C26H31FN6O3. The van der Waals surface area contributed by atoms with E-state index in [1.807, 2.05) is 28.0 Å². The molecule has 2 aliphatic rings. The topological polar surface area (TPSA) is 106 Å². The summed E-state index contributed by atoms with van der Waals surface area (Å²) in [6.07, 6.45) is 2.49. The molecule has 2 aliphatic heterocycles. The lowest BCUT2D eigenvalue weighted by Gasteiger charge is -2.35. The molecule has 2 saturated heterocycles. The number of ether oxygens (including phenoxy) is 2. The van der Waals surface area contributed by atoms with Gasteiger partial charge in [-0.05, 0) is 24.5 Å². The van der Waals surface area contributed by atoms with Crippen LogP contribution in [0.4, 0.5) is 16.2 Å². The number of nitrogens with one attached hydrogen (secondary N) is 1. The van der Waals surface area contributed by atoms with Crippen molar-refractivity contribution in [2.45, 2.75) is 31.3 Å². The maximum absolute atomic E-state index is 15.1. The Morgan fingerprint density at radius 1 is 1.11 bits per heavy atom. The summed E-state index contributed by atoms with van der Waals surface area (Å²) in [6, 6.07) is 12.4. The van der Waals surface area contributed by atoms with Gasteiger partial charge in [0, 0.05) is 50.1 Å². The van der Waals surface area contributed by atoms with Crippen LogP contribution >= 0.6 is 0 Å². The number of fused-ring (bicyclic) bond motifs is 1. The van der Waals surface area contributed by atoms with E-state index in [4.69, 9.17) is 15.2 Å². The molecule has 2 fully saturated rings. The fourth-order valence-corrected chi connectivity index (χ4v) is 5.10. The monoisotopic (exact) mass is 494 g/mol. The summed E-state index contributed by atoms with van der Waals surface area (Å²) in [6.45, 7) is 2.17. The van der Waals surface area contributed by atoms with E-state index in [1.54, 1.807) is 6.07 Å². The number of amides is 1. The van der Waals surface area contributed by atoms with Crippen molar-refractivity contribution >= 4 is 28.6 Å². The normalized spacial score (nSPS) is 20.1. The first-order chi connectivity index (χ1) is 17.5. The Morgan fingerprint density at radius 2 is 1.86 bits per heavy atom. The SMILES string of the molecule is COc1cc2c(N)nc(N3CCN(C(=O)CC4CCC(c5ccccc5)N4)CC3)nc2c(F)c1OC. The molecule has 3 N–H and O–H groups in total. The first-order valence-corrected chi connectivity index (χ1v) is 12.2. The zero-order valence-corrected chi connectivity index (χ0v) is 20.5. The first-order valence-electron chi connectivity index (χ1n) is 12.2. The van der Waals surface area contributed by atoms with Gasteiger partial charge in [0.15, 0.2) is 17.3 Å². The molecule has 0 spiro atoms. The van der Waals surface area contributed by atoms with Gasteiger partial charge in [-0.3, -0.25) is 4.79 Å². The van der Waals surface area contributed by atoms with Crippen LogP contribution < -0.4 is 25.4 Å². The highest BCUT2D eigenvalue weighted by molar-refractivity contribution is 5.92. The molecule has 3 heterocycles. The number of methoxy groups -OCH3 is 2. The van der Waals surface area contributed by atoms with Gasteiger partial charge in [0.1, 0.15) is 11.3 Å². The van der Waals surface area contributed by atoms with Crippen LogP contribution in [0.15, 0.2) is 36.4 Å². The number of hydrogen-bond acceptors (Lipinski definition) is 8. The Bertz CT molecular complexity index is 1250. The summed E-state index contributed by atoms with van der Waals surface area (Å²) in [5.74, 6) is 0.190. The van der Waals surface area contributed by atoms with Crippen LogP contribution in [0.25, 0.3) is 10.9 Å². The van der Waals surface area contributed by atoms with E-state index in [0.717, 1.165) is 12.8 Å². The second-order valence-electron chi connectivity index (χ2n) is 9.21. The van der Waals surface area contributed by atoms with E-state index >= 15 is 4.39 Å². The lowest BCUT2D eigenvalue weighted by Crippen LogP contribution is -2.50. The molecule has 0 aliphatic carbocycles. The summed E-state index contributed by atoms with van der Waals surface area (Å²) in [7, 11) is 2.80. The van der Waals surface area contributed by atoms with Crippen molar-refractivity contribution in [2.75, 3.05) is 51.0 Å². The highest BCUT2D eigenvalue weighted by atomic mass is 19.1. The van der Waals surface area contributed by atoms with Crippen LogP contribution in [-0.4, -0.2) is 67.2 Å². The van der Waals surface area contributed by atoms with Crippen molar-refractivity contribution in [2.24, 2.45) is 0 Å². The average Bonchev–Trinajstić information content (AvgIpc) is 3.38. The lowest BCUT2D eigenvalue weighted by molar-refractivity contribution is -0.132. The van der Waals surface area contributed by atoms with Crippen LogP contribution in [0.5, 0.6) is 11.5 Å². The number of nitrogens with two attached hydrogens (primary N) is 1. The fourth-order valence-electron chi connectivity index (χ4n) is 5.10. The van der Waals surface area contributed by atoms with Crippen molar-refractivity contribution in [3.05, 3.63) is 47.8 Å². The van der Waals surface area contributed by atoms with Gasteiger partial charge in [0.05, 0.1) is 14.2 Å². The molecule has 0 saturated carbocycles. The number of anilines is 2. The molecule has 3 aromatic rings. The summed E-state index contributed by atoms with van der Waals surface area (Å²) >= 11 is 0. The molecule has 0 radical (unpaired) electrons. The molecule has 36 heavy (non-hydrogen) atoms. The molecule has 2 atom stereocenters. The largest absolute Gasteiger partial charge is 0.493 e. The minimum Gasteiger partial charge on any atom is -0.493 e. The number of halogens is 1. The Kier molecular flexibility index (Phi) is 6.77. The molecule has 190 valence electrons. The molecule has 10 heteroatoms. The number of hydrogen-bond donors (Lipinski definition) is 2. The second-order valence-corrected chi connectivity index (χ2v) is 9.21. The highest BCUT2D eigenvalue weighted by Crippen LogP contribution is 2.37. The second kappa shape index (κ2) is 10.1. The van der Waals surface area contributed by atoms with E-state index < -0.39 is 5.82 Å². The number of carbonyl (C=O) groups is 1. The van der Waals surface area contributed by atoms with E-state index in [9.17, 15) is 4.79 Å². The predicted molar refractivity (Wildman–Crippen MR) is 136 cm³/mol. The van der Waals surface area contributed by atoms with E-state index in [-0.39, 0.29) is 34.8 Å². The van der Waals surface area contributed by atoms with Crippen molar-refractivity contribution in [3.63, 3.8) is 0 Å². The zero-order chi connectivity index (χ0) is 25.2. The summed E-state index contributed by atoms with van der Waals surface area (Å²) in [4.78, 5) is 25.6. The molecule has 1 aromatic heterocycles. The Hall–Kier alpha value is -3.66. The van der Waals surface area contributed by atoms with E-state index in [0.29, 0.717) is 50.0 Å². The van der Waals surface area contributed by atoms with Crippen molar-refractivity contribution in [1.82, 2.24) is 20.2 Å². The maximum atomic E-state index is 15.1. The molecule has 0 bridgehead atoms. The quantitative estimate of drug-likeness (QED) is 0.539. The van der Waals surface area contributed by atoms with Gasteiger partial charge in [0.2, 0.25) is 11.9 Å². The number of nitrogens with zero attached hydrogens (tertiary/aromatic N) is 4. The van der Waals surface area contributed by atoms with Gasteiger partial charge < -0.3 is 30.3 Å². The third-order valence-electron chi connectivity index (χ3n) is 7.07. The predicted octanol–water partition coefficient (Wildman–Crippen LogP) is 2.90. The number of carbonyl (C=O) groups excluding carboxylic acids is 1. The minimum absolute atomic E-state index is 0.0282. The van der Waals surface area contributed by atoms with Crippen LogP contribution in [0.2, 0.25) is 0 Å². The lowest BCUT2D eigenvalue weighted by atomic mass is 10.1. The van der Waals surface area contributed by atoms with E-state index in [2.05, 4.69) is 27.4 Å². The van der Waals surface area contributed by atoms with Gasteiger partial charge in [-0.1, -0.05) is 30.3 Å². The fraction of sp³-hybridized carbons (Fsp3) is 0.423.